The molecular formula is C18H28O3. The molecule has 3 heteroatoms. The Morgan fingerprint density at radius 2 is 1.76 bits per heavy atom. The summed E-state index contributed by atoms with van der Waals surface area (Å²) in [7, 11) is 0. The van der Waals surface area contributed by atoms with Crippen LogP contribution in [0.4, 0.5) is 0 Å². The summed E-state index contributed by atoms with van der Waals surface area (Å²) in [5.74, 6) is 0.710. The average Bonchev–Trinajstić information content (AvgIpc) is 2.52. The van der Waals surface area contributed by atoms with Crippen LogP contribution >= 0.6 is 0 Å². The van der Waals surface area contributed by atoms with E-state index in [-0.39, 0.29) is 12.1 Å². The average molecular weight is 292 g/mol. The smallest absolute Gasteiger partial charge is 0.305 e. The molecule has 0 saturated carbocycles. The van der Waals surface area contributed by atoms with Gasteiger partial charge in [0.05, 0.1) is 0 Å². The van der Waals surface area contributed by atoms with Gasteiger partial charge in [-0.1, -0.05) is 57.7 Å². The van der Waals surface area contributed by atoms with Gasteiger partial charge in [0, 0.05) is 6.42 Å². The molecule has 1 aromatic carbocycles. The molecule has 1 aromatic rings. The Bertz CT molecular complexity index is 375. The molecule has 0 heterocycles. The zero-order valence-electron chi connectivity index (χ0n) is 13.3. The summed E-state index contributed by atoms with van der Waals surface area (Å²) < 4.78 is 11.1. The maximum Gasteiger partial charge on any atom is 0.305 e. The lowest BCUT2D eigenvalue weighted by Crippen LogP contribution is -2.24. The van der Waals surface area contributed by atoms with Crippen LogP contribution in [-0.2, 0) is 9.53 Å². The molecule has 0 aliphatic carbocycles. The van der Waals surface area contributed by atoms with Crippen LogP contribution < -0.4 is 4.74 Å². The standard InChI is InChI=1S/C18H28O3/c1-3-5-6-7-11-14-18(19)20-15-16(4-2)21-17-12-9-8-10-13-17/h8-10,12-13,16H,3-7,11,14-15H2,1-2H3. The summed E-state index contributed by atoms with van der Waals surface area (Å²) >= 11 is 0. The normalized spacial score (nSPS) is 11.9. The van der Waals surface area contributed by atoms with Crippen molar-refractivity contribution >= 4 is 5.97 Å². The Balaban J connectivity index is 2.17. The molecule has 0 N–H and O–H groups in total. The van der Waals surface area contributed by atoms with Crippen molar-refractivity contribution in [2.24, 2.45) is 0 Å². The van der Waals surface area contributed by atoms with Gasteiger partial charge >= 0.3 is 5.97 Å². The number of ether oxygens (including phenoxy) is 2. The number of benzene rings is 1. The summed E-state index contributed by atoms with van der Waals surface area (Å²) in [5, 5.41) is 0. The minimum atomic E-state index is -0.110. The van der Waals surface area contributed by atoms with E-state index < -0.39 is 0 Å². The van der Waals surface area contributed by atoms with Crippen molar-refractivity contribution < 1.29 is 14.3 Å². The van der Waals surface area contributed by atoms with Gasteiger partial charge in [-0.15, -0.1) is 0 Å². The second-order valence-electron chi connectivity index (χ2n) is 5.31. The zero-order valence-corrected chi connectivity index (χ0v) is 13.3. The van der Waals surface area contributed by atoms with Crippen LogP contribution in [-0.4, -0.2) is 18.7 Å². The number of carbonyl (C=O) groups is 1. The lowest BCUT2D eigenvalue weighted by Gasteiger charge is -2.17. The first kappa shape index (κ1) is 17.5. The molecule has 0 saturated heterocycles. The molecule has 0 spiro atoms. The van der Waals surface area contributed by atoms with Gasteiger partial charge in [0.1, 0.15) is 18.5 Å². The van der Waals surface area contributed by atoms with Crippen LogP contribution in [0.25, 0.3) is 0 Å². The van der Waals surface area contributed by atoms with Crippen molar-refractivity contribution in [2.45, 2.75) is 64.9 Å². The molecule has 0 aliphatic heterocycles. The Morgan fingerprint density at radius 3 is 2.43 bits per heavy atom. The highest BCUT2D eigenvalue weighted by Gasteiger charge is 2.11. The summed E-state index contributed by atoms with van der Waals surface area (Å²) in [4.78, 5) is 11.7. The van der Waals surface area contributed by atoms with E-state index in [0.717, 1.165) is 25.0 Å². The fraction of sp³-hybridized carbons (Fsp3) is 0.611. The summed E-state index contributed by atoms with van der Waals surface area (Å²) in [6.07, 6.45) is 6.98. The SMILES string of the molecule is CCCCCCCC(=O)OCC(CC)Oc1ccccc1. The zero-order chi connectivity index (χ0) is 15.3. The molecule has 0 fully saturated rings. The fourth-order valence-electron chi connectivity index (χ4n) is 2.06. The van der Waals surface area contributed by atoms with Crippen LogP contribution in [0.5, 0.6) is 5.75 Å². The van der Waals surface area contributed by atoms with Gasteiger partial charge in [-0.25, -0.2) is 0 Å². The van der Waals surface area contributed by atoms with E-state index in [1.807, 2.05) is 37.3 Å². The van der Waals surface area contributed by atoms with Crippen molar-refractivity contribution in [1.82, 2.24) is 0 Å². The number of rotatable bonds is 11. The largest absolute Gasteiger partial charge is 0.487 e. The van der Waals surface area contributed by atoms with E-state index in [1.165, 1.54) is 19.3 Å². The van der Waals surface area contributed by atoms with Crippen LogP contribution in [0.3, 0.4) is 0 Å². The first-order valence-corrected chi connectivity index (χ1v) is 8.13. The lowest BCUT2D eigenvalue weighted by atomic mass is 10.1. The van der Waals surface area contributed by atoms with Crippen LogP contribution in [0.2, 0.25) is 0 Å². The summed E-state index contributed by atoms with van der Waals surface area (Å²) in [5.41, 5.74) is 0. The van der Waals surface area contributed by atoms with Gasteiger partial charge in [-0.05, 0) is 25.0 Å². The van der Waals surface area contributed by atoms with Crippen molar-refractivity contribution in [3.8, 4) is 5.75 Å². The molecule has 0 radical (unpaired) electrons. The predicted molar refractivity (Wildman–Crippen MR) is 85.5 cm³/mol. The third-order valence-electron chi connectivity index (χ3n) is 3.42. The monoisotopic (exact) mass is 292 g/mol. The minimum Gasteiger partial charge on any atom is -0.487 e. The van der Waals surface area contributed by atoms with Crippen LogP contribution in [0.15, 0.2) is 30.3 Å². The highest BCUT2D eigenvalue weighted by atomic mass is 16.6. The predicted octanol–water partition coefficient (Wildman–Crippen LogP) is 4.75. The van der Waals surface area contributed by atoms with E-state index in [9.17, 15) is 4.79 Å². The molecule has 0 aromatic heterocycles. The molecule has 0 amide bonds. The fourth-order valence-corrected chi connectivity index (χ4v) is 2.06. The van der Waals surface area contributed by atoms with Crippen molar-refractivity contribution in [3.05, 3.63) is 30.3 Å². The first-order valence-electron chi connectivity index (χ1n) is 8.13. The number of unbranched alkanes of at least 4 members (excludes halogenated alkanes) is 4. The van der Waals surface area contributed by atoms with Crippen molar-refractivity contribution in [2.75, 3.05) is 6.61 Å². The Morgan fingerprint density at radius 1 is 1.05 bits per heavy atom. The third kappa shape index (κ3) is 8.38. The quantitative estimate of drug-likeness (QED) is 0.436. The topological polar surface area (TPSA) is 35.5 Å². The number of hydrogen-bond donors (Lipinski definition) is 0. The maximum absolute atomic E-state index is 11.7. The van der Waals surface area contributed by atoms with Crippen LogP contribution in [0.1, 0.15) is 58.8 Å². The molecule has 3 nitrogen and oxygen atoms in total. The van der Waals surface area contributed by atoms with Gasteiger partial charge in [0.25, 0.3) is 0 Å². The number of hydrogen-bond acceptors (Lipinski definition) is 3. The van der Waals surface area contributed by atoms with E-state index >= 15 is 0 Å². The molecular weight excluding hydrogens is 264 g/mol. The lowest BCUT2D eigenvalue weighted by molar-refractivity contribution is -0.146. The Labute approximate surface area is 128 Å². The van der Waals surface area contributed by atoms with Crippen molar-refractivity contribution in [1.29, 1.82) is 0 Å². The van der Waals surface area contributed by atoms with E-state index in [1.54, 1.807) is 0 Å². The van der Waals surface area contributed by atoms with E-state index in [4.69, 9.17) is 9.47 Å². The number of para-hydroxylation sites is 1. The first-order chi connectivity index (χ1) is 10.3. The van der Waals surface area contributed by atoms with Gasteiger partial charge in [0.2, 0.25) is 0 Å². The highest BCUT2D eigenvalue weighted by Crippen LogP contribution is 2.13. The highest BCUT2D eigenvalue weighted by molar-refractivity contribution is 5.69. The molecule has 1 atom stereocenters. The summed E-state index contributed by atoms with van der Waals surface area (Å²) in [6, 6.07) is 9.65. The molecule has 118 valence electrons. The molecule has 1 rings (SSSR count). The van der Waals surface area contributed by atoms with Gasteiger partial charge < -0.3 is 9.47 Å². The second kappa shape index (κ2) is 11.2. The summed E-state index contributed by atoms with van der Waals surface area (Å²) in [6.45, 7) is 4.55. The number of carbonyl (C=O) groups excluding carboxylic acids is 1. The van der Waals surface area contributed by atoms with E-state index in [2.05, 4.69) is 6.92 Å². The second-order valence-corrected chi connectivity index (χ2v) is 5.31. The van der Waals surface area contributed by atoms with Gasteiger partial charge in [-0.3, -0.25) is 4.79 Å². The number of esters is 1. The van der Waals surface area contributed by atoms with Gasteiger partial charge in [0.15, 0.2) is 0 Å². The van der Waals surface area contributed by atoms with Crippen molar-refractivity contribution in [3.63, 3.8) is 0 Å². The molecule has 0 bridgehead atoms. The molecule has 1 unspecified atom stereocenters. The van der Waals surface area contributed by atoms with Gasteiger partial charge in [-0.2, -0.15) is 0 Å². The maximum atomic E-state index is 11.7. The Hall–Kier alpha value is -1.51. The Kier molecular flexibility index (Phi) is 9.34. The van der Waals surface area contributed by atoms with Crippen LogP contribution in [0, 0.1) is 0 Å². The molecule has 21 heavy (non-hydrogen) atoms. The molecule has 0 aliphatic rings. The minimum absolute atomic E-state index is 0.0727. The third-order valence-corrected chi connectivity index (χ3v) is 3.42. The van der Waals surface area contributed by atoms with E-state index in [0.29, 0.717) is 13.0 Å².